The van der Waals surface area contributed by atoms with E-state index in [0.717, 1.165) is 35.0 Å². The largest absolute Gasteiger partial charge is 0.461 e. The third-order valence-electron chi connectivity index (χ3n) is 6.47. The molecule has 2 aromatic carbocycles. The highest BCUT2D eigenvalue weighted by Gasteiger charge is 2.26. The maximum atomic E-state index is 13.2. The van der Waals surface area contributed by atoms with Crippen LogP contribution in [0.25, 0.3) is 28.1 Å². The molecule has 1 fully saturated rings. The minimum absolute atomic E-state index is 0.0638. The van der Waals surface area contributed by atoms with Gasteiger partial charge in [0, 0.05) is 42.2 Å². The molecule has 0 N–H and O–H groups in total. The fourth-order valence-electron chi connectivity index (χ4n) is 4.67. The lowest BCUT2D eigenvalue weighted by atomic mass is 10.1. The Balaban J connectivity index is 1.41. The molecule has 1 aliphatic heterocycles. The van der Waals surface area contributed by atoms with E-state index in [2.05, 4.69) is 15.1 Å². The molecule has 35 heavy (non-hydrogen) atoms. The van der Waals surface area contributed by atoms with Crippen molar-refractivity contribution in [3.8, 4) is 11.6 Å². The quantitative estimate of drug-likeness (QED) is 0.362. The van der Waals surface area contributed by atoms with Gasteiger partial charge in [0.1, 0.15) is 0 Å². The van der Waals surface area contributed by atoms with Gasteiger partial charge in [-0.15, -0.1) is 10.2 Å². The number of hydrogen-bond donors (Lipinski definition) is 0. The smallest absolute Gasteiger partial charge is 0.254 e. The minimum Gasteiger partial charge on any atom is -0.461 e. The molecule has 0 saturated carbocycles. The topological polar surface area (TPSA) is 79.8 Å². The van der Waals surface area contributed by atoms with E-state index in [1.165, 1.54) is 0 Å². The fourth-order valence-corrected chi connectivity index (χ4v) is 4.84. The molecule has 1 aliphatic rings. The molecule has 6 rings (SSSR count). The second-order valence-corrected chi connectivity index (χ2v) is 9.12. The van der Waals surface area contributed by atoms with Gasteiger partial charge in [0.2, 0.25) is 11.8 Å². The number of furan rings is 1. The van der Waals surface area contributed by atoms with Gasteiger partial charge in [0.05, 0.1) is 11.8 Å². The normalized spacial score (nSPS) is 14.6. The van der Waals surface area contributed by atoms with E-state index >= 15 is 0 Å². The van der Waals surface area contributed by atoms with Crippen molar-refractivity contribution in [2.24, 2.45) is 0 Å². The summed E-state index contributed by atoms with van der Waals surface area (Å²) in [6.07, 6.45) is 2.43. The van der Waals surface area contributed by atoms with Crippen molar-refractivity contribution in [1.82, 2.24) is 24.5 Å². The van der Waals surface area contributed by atoms with E-state index in [9.17, 15) is 4.79 Å². The van der Waals surface area contributed by atoms with Crippen molar-refractivity contribution in [1.29, 1.82) is 0 Å². The van der Waals surface area contributed by atoms with Crippen molar-refractivity contribution < 1.29 is 9.21 Å². The highest BCUT2D eigenvalue weighted by atomic mass is 35.5. The number of amides is 1. The SMILES string of the molecule is Cc1ccccc1C(=O)N1CCCN(c2nc3cc(Cl)ccc3c3nnc(-c4ccco4)n23)CC1. The van der Waals surface area contributed by atoms with E-state index in [-0.39, 0.29) is 5.91 Å². The molecule has 176 valence electrons. The van der Waals surface area contributed by atoms with Crippen molar-refractivity contribution in [2.75, 3.05) is 31.1 Å². The second kappa shape index (κ2) is 8.70. The summed E-state index contributed by atoms with van der Waals surface area (Å²) in [5.74, 6) is 1.96. The van der Waals surface area contributed by atoms with Crippen LogP contribution in [0.15, 0.2) is 65.3 Å². The Bertz CT molecular complexity index is 1540. The van der Waals surface area contributed by atoms with Gasteiger partial charge in [-0.1, -0.05) is 29.8 Å². The molecule has 1 saturated heterocycles. The van der Waals surface area contributed by atoms with Gasteiger partial charge < -0.3 is 14.2 Å². The zero-order valence-corrected chi connectivity index (χ0v) is 19.9. The van der Waals surface area contributed by atoms with Crippen LogP contribution in [0.1, 0.15) is 22.3 Å². The van der Waals surface area contributed by atoms with Crippen molar-refractivity contribution in [3.05, 3.63) is 77.0 Å². The molecule has 3 aromatic heterocycles. The molecule has 1 amide bonds. The molecule has 4 heterocycles. The Morgan fingerprint density at radius 2 is 1.89 bits per heavy atom. The third-order valence-corrected chi connectivity index (χ3v) is 6.70. The zero-order chi connectivity index (χ0) is 23.9. The molecule has 8 nitrogen and oxygen atoms in total. The number of nitrogens with zero attached hydrogens (tertiary/aromatic N) is 6. The lowest BCUT2D eigenvalue weighted by molar-refractivity contribution is 0.0766. The number of anilines is 1. The first-order chi connectivity index (χ1) is 17.1. The summed E-state index contributed by atoms with van der Waals surface area (Å²) in [6, 6.07) is 17.0. The molecule has 0 radical (unpaired) electrons. The van der Waals surface area contributed by atoms with E-state index in [0.29, 0.717) is 47.8 Å². The Morgan fingerprint density at radius 1 is 1.00 bits per heavy atom. The first kappa shape index (κ1) is 21.6. The van der Waals surface area contributed by atoms with Gasteiger partial charge >= 0.3 is 0 Å². The average molecular weight is 487 g/mol. The van der Waals surface area contributed by atoms with Crippen molar-refractivity contribution in [2.45, 2.75) is 13.3 Å². The van der Waals surface area contributed by atoms with Crippen LogP contribution in [0.5, 0.6) is 0 Å². The van der Waals surface area contributed by atoms with Crippen LogP contribution in [0.4, 0.5) is 5.95 Å². The van der Waals surface area contributed by atoms with E-state index in [1.807, 2.05) is 70.8 Å². The van der Waals surface area contributed by atoms with Crippen LogP contribution in [0.2, 0.25) is 5.02 Å². The van der Waals surface area contributed by atoms with Crippen LogP contribution in [0.3, 0.4) is 0 Å². The van der Waals surface area contributed by atoms with Gasteiger partial charge in [0.25, 0.3) is 5.91 Å². The monoisotopic (exact) mass is 486 g/mol. The van der Waals surface area contributed by atoms with Gasteiger partial charge in [-0.3, -0.25) is 4.79 Å². The highest BCUT2D eigenvalue weighted by Crippen LogP contribution is 2.30. The number of fused-ring (bicyclic) bond motifs is 3. The summed E-state index contributed by atoms with van der Waals surface area (Å²) in [4.78, 5) is 22.4. The van der Waals surface area contributed by atoms with E-state index in [1.54, 1.807) is 6.26 Å². The number of rotatable bonds is 3. The summed E-state index contributed by atoms with van der Waals surface area (Å²) < 4.78 is 7.59. The Hall–Kier alpha value is -3.91. The lowest BCUT2D eigenvalue weighted by Crippen LogP contribution is -2.36. The first-order valence-corrected chi connectivity index (χ1v) is 12.0. The molecular weight excluding hydrogens is 464 g/mol. The summed E-state index contributed by atoms with van der Waals surface area (Å²) in [7, 11) is 0. The van der Waals surface area contributed by atoms with Gasteiger partial charge in [-0.05, 0) is 55.3 Å². The maximum Gasteiger partial charge on any atom is 0.254 e. The standard InChI is InChI=1S/C26H23ClN6O2/c1-17-6-2-3-7-19(17)25(34)31-11-5-12-32(14-13-31)26-28-21-16-18(27)9-10-20(21)23-29-30-24(33(23)26)22-8-4-15-35-22/h2-4,6-10,15-16H,5,11-14H2,1H3. The van der Waals surface area contributed by atoms with E-state index < -0.39 is 0 Å². The third kappa shape index (κ3) is 3.80. The van der Waals surface area contributed by atoms with Crippen LogP contribution in [-0.2, 0) is 0 Å². The second-order valence-electron chi connectivity index (χ2n) is 8.68. The van der Waals surface area contributed by atoms with Gasteiger partial charge in [-0.2, -0.15) is 0 Å². The molecule has 0 aliphatic carbocycles. The van der Waals surface area contributed by atoms with Gasteiger partial charge in [-0.25, -0.2) is 9.38 Å². The molecule has 9 heteroatoms. The summed E-state index contributed by atoms with van der Waals surface area (Å²) in [6.45, 7) is 4.60. The molecule has 5 aromatic rings. The van der Waals surface area contributed by atoms with Crippen LogP contribution in [-0.4, -0.2) is 56.6 Å². The predicted octanol–water partition coefficient (Wildman–Crippen LogP) is 4.85. The number of carbonyl (C=O) groups excluding carboxylic acids is 1. The molecule has 0 unspecified atom stereocenters. The Morgan fingerprint density at radius 3 is 2.71 bits per heavy atom. The molecule has 0 spiro atoms. The summed E-state index contributed by atoms with van der Waals surface area (Å²) >= 11 is 6.29. The minimum atomic E-state index is 0.0638. The zero-order valence-electron chi connectivity index (χ0n) is 19.2. The van der Waals surface area contributed by atoms with Crippen molar-refractivity contribution in [3.63, 3.8) is 0 Å². The lowest BCUT2D eigenvalue weighted by Gasteiger charge is -2.24. The number of aryl methyl sites for hydroxylation is 1. The number of hydrogen-bond acceptors (Lipinski definition) is 6. The summed E-state index contributed by atoms with van der Waals surface area (Å²) in [5.41, 5.74) is 3.17. The van der Waals surface area contributed by atoms with Gasteiger partial charge in [0.15, 0.2) is 11.4 Å². The van der Waals surface area contributed by atoms with Crippen LogP contribution in [0, 0.1) is 6.92 Å². The summed E-state index contributed by atoms with van der Waals surface area (Å²) in [5, 5.41) is 10.4. The average Bonchev–Trinajstić information content (AvgIpc) is 3.48. The Labute approximate surface area is 206 Å². The number of carbonyl (C=O) groups is 1. The predicted molar refractivity (Wildman–Crippen MR) is 135 cm³/mol. The maximum absolute atomic E-state index is 13.2. The first-order valence-electron chi connectivity index (χ1n) is 11.6. The molecular formula is C26H23ClN6O2. The number of halogens is 1. The molecule has 0 atom stereocenters. The number of aromatic nitrogens is 4. The van der Waals surface area contributed by atoms with Crippen LogP contribution >= 0.6 is 11.6 Å². The fraction of sp³-hybridized carbons (Fsp3) is 0.231. The van der Waals surface area contributed by atoms with E-state index in [4.69, 9.17) is 21.0 Å². The Kier molecular flexibility index (Phi) is 5.37. The van der Waals surface area contributed by atoms with Crippen LogP contribution < -0.4 is 4.90 Å². The molecule has 0 bridgehead atoms. The van der Waals surface area contributed by atoms with Crippen molar-refractivity contribution >= 4 is 40.0 Å². The number of benzene rings is 2. The highest BCUT2D eigenvalue weighted by molar-refractivity contribution is 6.31.